The molecule has 0 amide bonds. The van der Waals surface area contributed by atoms with Crippen molar-refractivity contribution in [3.05, 3.63) is 29.3 Å². The molecule has 4 nitrogen and oxygen atoms in total. The number of aliphatic hydroxyl groups is 1. The summed E-state index contributed by atoms with van der Waals surface area (Å²) < 4.78 is 0. The van der Waals surface area contributed by atoms with Gasteiger partial charge in [-0.15, -0.1) is 0 Å². The molecule has 2 heterocycles. The van der Waals surface area contributed by atoms with Crippen LogP contribution in [-0.2, 0) is 6.42 Å². The molecule has 2 aliphatic heterocycles. The van der Waals surface area contributed by atoms with Gasteiger partial charge in [0.15, 0.2) is 5.78 Å². The van der Waals surface area contributed by atoms with Crippen molar-refractivity contribution in [3.63, 3.8) is 0 Å². The number of carbonyl (C=O) groups excluding carboxylic acids is 1. The molecular formula is C18H26N2O2. The molecule has 2 unspecified atom stereocenters. The van der Waals surface area contributed by atoms with Gasteiger partial charge in [-0.25, -0.2) is 0 Å². The molecule has 2 N–H and O–H groups in total. The van der Waals surface area contributed by atoms with Crippen LogP contribution in [0, 0.1) is 0 Å². The van der Waals surface area contributed by atoms with E-state index in [4.69, 9.17) is 0 Å². The Morgan fingerprint density at radius 3 is 3.14 bits per heavy atom. The molecule has 2 atom stereocenters. The summed E-state index contributed by atoms with van der Waals surface area (Å²) in [7, 11) is 0. The second-order valence-corrected chi connectivity index (χ2v) is 6.49. The summed E-state index contributed by atoms with van der Waals surface area (Å²) in [6.45, 7) is 4.15. The maximum Gasteiger partial charge on any atom is 0.179 e. The van der Waals surface area contributed by atoms with Gasteiger partial charge in [0.25, 0.3) is 0 Å². The second kappa shape index (κ2) is 6.80. The molecule has 120 valence electrons. The van der Waals surface area contributed by atoms with Crippen molar-refractivity contribution in [1.29, 1.82) is 0 Å². The lowest BCUT2D eigenvalue weighted by molar-refractivity contribution is 0.0604. The predicted octanol–water partition coefficient (Wildman–Crippen LogP) is 2.46. The number of fused-ring (bicyclic) bond motifs is 1. The lowest BCUT2D eigenvalue weighted by atomic mass is 9.94. The van der Waals surface area contributed by atoms with Gasteiger partial charge in [-0.2, -0.15) is 0 Å². The molecular weight excluding hydrogens is 276 g/mol. The number of hydrogen-bond donors (Lipinski definition) is 2. The van der Waals surface area contributed by atoms with Gasteiger partial charge in [-0.05, 0) is 62.9 Å². The number of ketones is 1. The maximum atomic E-state index is 12.9. The maximum absolute atomic E-state index is 12.9. The van der Waals surface area contributed by atoms with E-state index >= 15 is 0 Å². The normalized spacial score (nSPS) is 22.9. The zero-order valence-electron chi connectivity index (χ0n) is 13.3. The summed E-state index contributed by atoms with van der Waals surface area (Å²) in [5.41, 5.74) is 3.24. The fraction of sp³-hybridized carbons (Fsp3) is 0.611. The number of anilines is 1. The molecule has 1 aromatic carbocycles. The third-order valence-corrected chi connectivity index (χ3v) is 5.11. The van der Waals surface area contributed by atoms with Gasteiger partial charge in [-0.1, -0.05) is 6.42 Å². The zero-order valence-corrected chi connectivity index (χ0v) is 13.3. The first-order valence-corrected chi connectivity index (χ1v) is 8.48. The van der Waals surface area contributed by atoms with Crippen molar-refractivity contribution in [2.75, 3.05) is 25.0 Å². The highest BCUT2D eigenvalue weighted by molar-refractivity contribution is 6.00. The first-order valence-electron chi connectivity index (χ1n) is 8.48. The van der Waals surface area contributed by atoms with Crippen LogP contribution in [0.2, 0.25) is 0 Å². The lowest BCUT2D eigenvalue weighted by Crippen LogP contribution is -2.48. The van der Waals surface area contributed by atoms with Gasteiger partial charge in [0.2, 0.25) is 0 Å². The first-order chi connectivity index (χ1) is 10.7. The molecule has 0 radical (unpaired) electrons. The highest BCUT2D eigenvalue weighted by atomic mass is 16.3. The second-order valence-electron chi connectivity index (χ2n) is 6.49. The van der Waals surface area contributed by atoms with Crippen LogP contribution in [0.5, 0.6) is 0 Å². The minimum Gasteiger partial charge on any atom is -0.396 e. The monoisotopic (exact) mass is 302 g/mol. The fourth-order valence-electron chi connectivity index (χ4n) is 3.84. The van der Waals surface area contributed by atoms with E-state index in [2.05, 4.69) is 16.3 Å². The van der Waals surface area contributed by atoms with Crippen LogP contribution in [0.25, 0.3) is 0 Å². The van der Waals surface area contributed by atoms with E-state index in [1.807, 2.05) is 19.1 Å². The summed E-state index contributed by atoms with van der Waals surface area (Å²) in [5, 5.41) is 12.6. The van der Waals surface area contributed by atoms with Gasteiger partial charge >= 0.3 is 0 Å². The number of rotatable bonds is 5. The van der Waals surface area contributed by atoms with E-state index < -0.39 is 0 Å². The van der Waals surface area contributed by atoms with E-state index in [1.54, 1.807) is 0 Å². The van der Waals surface area contributed by atoms with Crippen LogP contribution < -0.4 is 5.32 Å². The van der Waals surface area contributed by atoms with Crippen molar-refractivity contribution in [3.8, 4) is 0 Å². The Morgan fingerprint density at radius 2 is 2.32 bits per heavy atom. The number of carbonyl (C=O) groups is 1. The number of Topliss-reactive ketones (excluding diaryl/α,β-unsaturated/α-hetero) is 1. The quantitative estimate of drug-likeness (QED) is 0.821. The number of nitrogens with zero attached hydrogens (tertiary/aromatic N) is 1. The van der Waals surface area contributed by atoms with Crippen LogP contribution in [0.15, 0.2) is 18.2 Å². The standard InChI is InChI=1S/C18H26N2O2/c1-13(20-10-3-2-4-16(20)8-11-21)18(22)15-5-6-17-14(12-15)7-9-19-17/h5-6,12-13,16,19,21H,2-4,7-11H2,1H3. The average molecular weight is 302 g/mol. The average Bonchev–Trinajstić information content (AvgIpc) is 3.02. The fourth-order valence-corrected chi connectivity index (χ4v) is 3.84. The van der Waals surface area contributed by atoms with Gasteiger partial charge in [0.1, 0.15) is 0 Å². The predicted molar refractivity (Wildman–Crippen MR) is 88.5 cm³/mol. The molecule has 0 aromatic heterocycles. The first kappa shape index (κ1) is 15.5. The summed E-state index contributed by atoms with van der Waals surface area (Å²) in [5.74, 6) is 0.208. The number of nitrogens with one attached hydrogen (secondary N) is 1. The molecule has 4 heteroatoms. The summed E-state index contributed by atoms with van der Waals surface area (Å²) in [4.78, 5) is 15.2. The minimum absolute atomic E-state index is 0.107. The van der Waals surface area contributed by atoms with E-state index in [0.29, 0.717) is 6.04 Å². The molecule has 1 saturated heterocycles. The van der Waals surface area contributed by atoms with E-state index in [0.717, 1.165) is 44.3 Å². The van der Waals surface area contributed by atoms with Gasteiger partial charge in [0, 0.05) is 30.4 Å². The highest BCUT2D eigenvalue weighted by Crippen LogP contribution is 2.26. The number of hydrogen-bond acceptors (Lipinski definition) is 4. The van der Waals surface area contributed by atoms with Gasteiger partial charge in [-0.3, -0.25) is 9.69 Å². The SMILES string of the molecule is CC(C(=O)c1ccc2c(c1)CCN2)N1CCCCC1CCO. The van der Waals surface area contributed by atoms with Crippen LogP contribution >= 0.6 is 0 Å². The molecule has 0 bridgehead atoms. The smallest absolute Gasteiger partial charge is 0.179 e. The van der Waals surface area contributed by atoms with Crippen molar-refractivity contribution >= 4 is 11.5 Å². The number of benzene rings is 1. The molecule has 1 fully saturated rings. The highest BCUT2D eigenvalue weighted by Gasteiger charge is 2.30. The molecule has 0 saturated carbocycles. The van der Waals surface area contributed by atoms with Gasteiger partial charge < -0.3 is 10.4 Å². The van der Waals surface area contributed by atoms with Crippen molar-refractivity contribution < 1.29 is 9.90 Å². The summed E-state index contributed by atoms with van der Waals surface area (Å²) in [6.07, 6.45) is 5.21. The van der Waals surface area contributed by atoms with E-state index in [1.165, 1.54) is 17.7 Å². The summed E-state index contributed by atoms with van der Waals surface area (Å²) >= 11 is 0. The van der Waals surface area contributed by atoms with Crippen LogP contribution in [-0.4, -0.2) is 47.6 Å². The van der Waals surface area contributed by atoms with Crippen molar-refractivity contribution in [2.45, 2.75) is 51.1 Å². The number of aliphatic hydroxyl groups excluding tert-OH is 1. The Balaban J connectivity index is 1.75. The third kappa shape index (κ3) is 3.03. The van der Waals surface area contributed by atoms with Crippen molar-refractivity contribution in [2.24, 2.45) is 0 Å². The molecule has 0 aliphatic carbocycles. The van der Waals surface area contributed by atoms with Crippen LogP contribution in [0.4, 0.5) is 5.69 Å². The van der Waals surface area contributed by atoms with Crippen molar-refractivity contribution in [1.82, 2.24) is 4.90 Å². The Bertz CT molecular complexity index is 542. The molecule has 3 rings (SSSR count). The molecule has 2 aliphatic rings. The number of piperidine rings is 1. The Morgan fingerprint density at radius 1 is 1.45 bits per heavy atom. The molecule has 0 spiro atoms. The van der Waals surface area contributed by atoms with Crippen LogP contribution in [0.3, 0.4) is 0 Å². The van der Waals surface area contributed by atoms with Gasteiger partial charge in [0.05, 0.1) is 6.04 Å². The Kier molecular flexibility index (Phi) is 4.79. The molecule has 22 heavy (non-hydrogen) atoms. The third-order valence-electron chi connectivity index (χ3n) is 5.11. The minimum atomic E-state index is -0.107. The Hall–Kier alpha value is -1.39. The van der Waals surface area contributed by atoms with Crippen LogP contribution in [0.1, 0.15) is 48.5 Å². The number of likely N-dealkylation sites (tertiary alicyclic amines) is 1. The molecule has 1 aromatic rings. The van der Waals surface area contributed by atoms with E-state index in [-0.39, 0.29) is 18.4 Å². The topological polar surface area (TPSA) is 52.6 Å². The Labute approximate surface area is 132 Å². The lowest BCUT2D eigenvalue weighted by Gasteiger charge is -2.39. The van der Waals surface area contributed by atoms with E-state index in [9.17, 15) is 9.90 Å². The zero-order chi connectivity index (χ0) is 15.5. The largest absolute Gasteiger partial charge is 0.396 e. The summed E-state index contributed by atoms with van der Waals surface area (Å²) in [6, 6.07) is 6.27.